The molecular weight excluding hydrogens is 258 g/mol. The maximum atomic E-state index is 10.7. The van der Waals surface area contributed by atoms with Crippen LogP contribution in [0.2, 0.25) is 0 Å². The minimum atomic E-state index is -0.526. The zero-order valence-electron chi connectivity index (χ0n) is 11.1. The van der Waals surface area contributed by atoms with Gasteiger partial charge < -0.3 is 10.5 Å². The third-order valence-corrected chi connectivity index (χ3v) is 3.58. The van der Waals surface area contributed by atoms with Crippen LogP contribution in [0.5, 0.6) is 5.75 Å². The smallest absolute Gasteiger partial charge is 0.271 e. The van der Waals surface area contributed by atoms with Crippen LogP contribution in [0.1, 0.15) is 37.7 Å². The van der Waals surface area contributed by atoms with E-state index in [4.69, 9.17) is 15.7 Å². The van der Waals surface area contributed by atoms with Crippen LogP contribution >= 0.6 is 0 Å². The van der Waals surface area contributed by atoms with Crippen LogP contribution in [0.4, 0.5) is 5.69 Å². The van der Waals surface area contributed by atoms with Crippen molar-refractivity contribution in [1.29, 1.82) is 5.26 Å². The summed E-state index contributed by atoms with van der Waals surface area (Å²) in [5.74, 6) is 0.375. The molecule has 0 bridgehead atoms. The molecule has 0 aromatic heterocycles. The summed E-state index contributed by atoms with van der Waals surface area (Å²) in [7, 11) is 0. The first-order chi connectivity index (χ1) is 9.61. The summed E-state index contributed by atoms with van der Waals surface area (Å²) in [5.41, 5.74) is 6.14. The average Bonchev–Trinajstić information content (AvgIpc) is 2.64. The van der Waals surface area contributed by atoms with Gasteiger partial charge >= 0.3 is 0 Å². The maximum Gasteiger partial charge on any atom is 0.271 e. The van der Waals surface area contributed by atoms with Gasteiger partial charge in [-0.3, -0.25) is 10.1 Å². The lowest BCUT2D eigenvalue weighted by molar-refractivity contribution is -0.384. The number of nitro groups is 1. The van der Waals surface area contributed by atoms with E-state index in [9.17, 15) is 10.1 Å². The van der Waals surface area contributed by atoms with Crippen molar-refractivity contribution in [1.82, 2.24) is 0 Å². The molecule has 1 saturated carbocycles. The lowest BCUT2D eigenvalue weighted by atomic mass is 10.1. The summed E-state index contributed by atoms with van der Waals surface area (Å²) < 4.78 is 5.83. The number of rotatable bonds is 3. The molecule has 0 amide bonds. The molecule has 1 aliphatic rings. The molecule has 1 aromatic carbocycles. The predicted molar refractivity (Wildman–Crippen MR) is 73.3 cm³/mol. The number of hydrogen-bond donors (Lipinski definition) is 1. The molecule has 20 heavy (non-hydrogen) atoms. The summed E-state index contributed by atoms with van der Waals surface area (Å²) in [6.07, 6.45) is 4.90. The fourth-order valence-electron chi connectivity index (χ4n) is 2.43. The van der Waals surface area contributed by atoms with E-state index in [2.05, 4.69) is 0 Å². The summed E-state index contributed by atoms with van der Waals surface area (Å²) in [6.45, 7) is 0. The van der Waals surface area contributed by atoms with Crippen molar-refractivity contribution in [3.8, 4) is 11.8 Å². The third-order valence-electron chi connectivity index (χ3n) is 3.58. The molecule has 6 heteroatoms. The molecule has 106 valence electrons. The van der Waals surface area contributed by atoms with Crippen molar-refractivity contribution in [2.24, 2.45) is 5.73 Å². The lowest BCUT2D eigenvalue weighted by Gasteiger charge is -2.23. The number of nitro benzene ring substituents is 1. The van der Waals surface area contributed by atoms with Crippen LogP contribution in [-0.2, 0) is 0 Å². The Morgan fingerprint density at radius 1 is 1.35 bits per heavy atom. The van der Waals surface area contributed by atoms with E-state index < -0.39 is 4.92 Å². The van der Waals surface area contributed by atoms with Crippen LogP contribution in [0.15, 0.2) is 18.2 Å². The topological polar surface area (TPSA) is 102 Å². The fraction of sp³-hybridized carbons (Fsp3) is 0.500. The number of nitriles is 1. The van der Waals surface area contributed by atoms with Crippen molar-refractivity contribution in [2.45, 2.75) is 44.2 Å². The van der Waals surface area contributed by atoms with Gasteiger partial charge in [0.25, 0.3) is 5.69 Å². The molecule has 0 saturated heterocycles. The van der Waals surface area contributed by atoms with E-state index >= 15 is 0 Å². The normalized spacial score (nSPS) is 22.6. The molecule has 6 nitrogen and oxygen atoms in total. The second-order valence-corrected chi connectivity index (χ2v) is 5.01. The highest BCUT2D eigenvalue weighted by Crippen LogP contribution is 2.27. The Hall–Kier alpha value is -2.13. The summed E-state index contributed by atoms with van der Waals surface area (Å²) >= 11 is 0. The van der Waals surface area contributed by atoms with Gasteiger partial charge in [-0.05, 0) is 25.3 Å². The zero-order valence-corrected chi connectivity index (χ0v) is 11.1. The molecule has 2 atom stereocenters. The molecule has 0 aliphatic heterocycles. The Labute approximate surface area is 117 Å². The maximum absolute atomic E-state index is 10.7. The fourth-order valence-corrected chi connectivity index (χ4v) is 2.43. The molecule has 2 unspecified atom stereocenters. The predicted octanol–water partition coefficient (Wildman–Crippen LogP) is 2.51. The Balaban J connectivity index is 2.20. The Bertz CT molecular complexity index is 539. The number of ether oxygens (including phenoxy) is 1. The van der Waals surface area contributed by atoms with Crippen molar-refractivity contribution in [2.75, 3.05) is 0 Å². The first-order valence-corrected chi connectivity index (χ1v) is 6.72. The van der Waals surface area contributed by atoms with Gasteiger partial charge in [0.1, 0.15) is 23.5 Å². The van der Waals surface area contributed by atoms with Gasteiger partial charge in [-0.2, -0.15) is 5.26 Å². The Morgan fingerprint density at radius 2 is 2.10 bits per heavy atom. The minimum absolute atomic E-state index is 0.0563. The van der Waals surface area contributed by atoms with Crippen molar-refractivity contribution in [3.63, 3.8) is 0 Å². The van der Waals surface area contributed by atoms with E-state index in [0.29, 0.717) is 5.75 Å². The highest BCUT2D eigenvalue weighted by molar-refractivity contribution is 5.50. The summed E-state index contributed by atoms with van der Waals surface area (Å²) in [5, 5.41) is 19.8. The summed E-state index contributed by atoms with van der Waals surface area (Å²) in [6, 6.07) is 5.94. The van der Waals surface area contributed by atoms with Crippen LogP contribution in [0.3, 0.4) is 0 Å². The molecular formula is C14H17N3O3. The molecule has 0 heterocycles. The molecule has 1 aromatic rings. The molecule has 1 aliphatic carbocycles. The van der Waals surface area contributed by atoms with Crippen molar-refractivity contribution >= 4 is 5.69 Å². The molecule has 2 rings (SSSR count). The molecule has 1 fully saturated rings. The minimum Gasteiger partial charge on any atom is -0.487 e. The molecule has 0 spiro atoms. The van der Waals surface area contributed by atoms with Gasteiger partial charge in [0.15, 0.2) is 0 Å². The Morgan fingerprint density at radius 3 is 2.80 bits per heavy atom. The quantitative estimate of drug-likeness (QED) is 0.518. The van der Waals surface area contributed by atoms with Gasteiger partial charge in [-0.1, -0.05) is 12.8 Å². The second-order valence-electron chi connectivity index (χ2n) is 5.01. The monoisotopic (exact) mass is 275 g/mol. The van der Waals surface area contributed by atoms with Gasteiger partial charge in [0.2, 0.25) is 0 Å². The Kier molecular flexibility index (Phi) is 4.53. The largest absolute Gasteiger partial charge is 0.487 e. The number of nitrogens with two attached hydrogens (primary N) is 1. The van der Waals surface area contributed by atoms with Crippen LogP contribution in [-0.4, -0.2) is 17.1 Å². The number of benzene rings is 1. The van der Waals surface area contributed by atoms with E-state index in [1.807, 2.05) is 6.07 Å². The van der Waals surface area contributed by atoms with Crippen LogP contribution in [0, 0.1) is 21.4 Å². The van der Waals surface area contributed by atoms with E-state index in [1.54, 1.807) is 0 Å². The van der Waals surface area contributed by atoms with Gasteiger partial charge in [0, 0.05) is 18.2 Å². The number of non-ortho nitro benzene ring substituents is 1. The van der Waals surface area contributed by atoms with Gasteiger partial charge in [-0.25, -0.2) is 0 Å². The lowest BCUT2D eigenvalue weighted by Crippen LogP contribution is -2.38. The standard InChI is InChI=1S/C14H17N3O3/c15-9-10-8-11(17(18)19)6-7-13(10)20-14-5-3-1-2-4-12(14)16/h6-8,12,14H,1-5,16H2. The molecule has 0 radical (unpaired) electrons. The number of nitrogens with zero attached hydrogens (tertiary/aromatic N) is 2. The van der Waals surface area contributed by atoms with Crippen molar-refractivity contribution in [3.05, 3.63) is 33.9 Å². The second kappa shape index (κ2) is 6.35. The highest BCUT2D eigenvalue weighted by Gasteiger charge is 2.23. The first kappa shape index (κ1) is 14.3. The highest BCUT2D eigenvalue weighted by atomic mass is 16.6. The SMILES string of the molecule is N#Cc1cc([N+](=O)[O-])ccc1OC1CCCCCC1N. The van der Waals surface area contributed by atoms with Gasteiger partial charge in [-0.15, -0.1) is 0 Å². The van der Waals surface area contributed by atoms with Crippen LogP contribution in [0.25, 0.3) is 0 Å². The van der Waals surface area contributed by atoms with E-state index in [1.165, 1.54) is 18.2 Å². The third kappa shape index (κ3) is 3.25. The van der Waals surface area contributed by atoms with Crippen molar-refractivity contribution < 1.29 is 9.66 Å². The summed E-state index contributed by atoms with van der Waals surface area (Å²) in [4.78, 5) is 10.2. The first-order valence-electron chi connectivity index (χ1n) is 6.72. The van der Waals surface area contributed by atoms with E-state index in [-0.39, 0.29) is 23.4 Å². The van der Waals surface area contributed by atoms with E-state index in [0.717, 1.165) is 32.1 Å². The van der Waals surface area contributed by atoms with Gasteiger partial charge in [0.05, 0.1) is 4.92 Å². The number of hydrogen-bond acceptors (Lipinski definition) is 5. The average molecular weight is 275 g/mol. The zero-order chi connectivity index (χ0) is 14.5. The van der Waals surface area contributed by atoms with Crippen LogP contribution < -0.4 is 10.5 Å². The molecule has 2 N–H and O–H groups in total.